The number of unbranched alkanes of at least 4 members (excludes halogenated alkanes) is 1. The number of rotatable bonds is 5. The summed E-state index contributed by atoms with van der Waals surface area (Å²) in [7, 11) is 0. The number of amides is 1. The van der Waals surface area contributed by atoms with E-state index < -0.39 is 0 Å². The average Bonchev–Trinajstić information content (AvgIpc) is 2.85. The maximum atomic E-state index is 12.3. The minimum Gasteiger partial charge on any atom is -0.493 e. The molecule has 0 aromatic heterocycles. The van der Waals surface area contributed by atoms with Crippen molar-refractivity contribution in [2.45, 2.75) is 19.8 Å². The maximum Gasteiger partial charge on any atom is 0.256 e. The summed E-state index contributed by atoms with van der Waals surface area (Å²) in [5.41, 5.74) is 3.33. The van der Waals surface area contributed by atoms with E-state index in [-0.39, 0.29) is 5.91 Å². The van der Waals surface area contributed by atoms with Crippen LogP contribution in [0.3, 0.4) is 0 Å². The van der Waals surface area contributed by atoms with Crippen LogP contribution in [0.2, 0.25) is 0 Å². The fraction of sp³-hybridized carbons (Fsp3) is 0.211. The van der Waals surface area contributed by atoms with E-state index >= 15 is 0 Å². The molecule has 0 aliphatic carbocycles. The summed E-state index contributed by atoms with van der Waals surface area (Å²) in [6, 6.07) is 13.6. The molecular weight excluding hydrogens is 354 g/mol. The van der Waals surface area contributed by atoms with Gasteiger partial charge < -0.3 is 10.1 Å². The zero-order valence-electron chi connectivity index (χ0n) is 12.9. The molecule has 3 nitrogen and oxygen atoms in total. The lowest BCUT2D eigenvalue weighted by Crippen LogP contribution is -2.04. The van der Waals surface area contributed by atoms with Crippen molar-refractivity contribution in [1.82, 2.24) is 0 Å². The Morgan fingerprint density at radius 3 is 2.87 bits per heavy atom. The highest BCUT2D eigenvalue weighted by Crippen LogP contribution is 2.36. The quantitative estimate of drug-likeness (QED) is 0.584. The van der Waals surface area contributed by atoms with Crippen molar-refractivity contribution in [3.63, 3.8) is 0 Å². The van der Waals surface area contributed by atoms with Crippen LogP contribution in [-0.4, -0.2) is 12.5 Å². The van der Waals surface area contributed by atoms with Gasteiger partial charge in [0.1, 0.15) is 5.75 Å². The molecule has 1 heterocycles. The van der Waals surface area contributed by atoms with Gasteiger partial charge in [0.05, 0.1) is 6.61 Å². The van der Waals surface area contributed by atoms with E-state index in [1.54, 1.807) is 0 Å². The number of hydrogen-bond acceptors (Lipinski definition) is 2. The van der Waals surface area contributed by atoms with Crippen LogP contribution in [0.15, 0.2) is 46.9 Å². The number of carbonyl (C=O) groups is 1. The molecular formula is C19H18BrNO2. The molecule has 0 saturated heterocycles. The van der Waals surface area contributed by atoms with Gasteiger partial charge in [-0.05, 0) is 36.8 Å². The van der Waals surface area contributed by atoms with Crippen molar-refractivity contribution < 1.29 is 9.53 Å². The number of para-hydroxylation sites is 1. The van der Waals surface area contributed by atoms with Gasteiger partial charge in [-0.3, -0.25) is 4.79 Å². The smallest absolute Gasteiger partial charge is 0.256 e. The van der Waals surface area contributed by atoms with E-state index in [0.29, 0.717) is 12.2 Å². The fourth-order valence-corrected chi connectivity index (χ4v) is 2.88. The largest absolute Gasteiger partial charge is 0.493 e. The monoisotopic (exact) mass is 371 g/mol. The van der Waals surface area contributed by atoms with Crippen molar-refractivity contribution in [1.29, 1.82) is 0 Å². The second-order valence-corrected chi connectivity index (χ2v) is 6.36. The Kier molecular flexibility index (Phi) is 4.82. The van der Waals surface area contributed by atoms with Crippen LogP contribution in [-0.2, 0) is 4.79 Å². The molecule has 4 heteroatoms. The average molecular weight is 372 g/mol. The molecule has 0 spiro atoms. The van der Waals surface area contributed by atoms with Crippen LogP contribution >= 0.6 is 15.9 Å². The minimum atomic E-state index is -0.0820. The van der Waals surface area contributed by atoms with Crippen molar-refractivity contribution >= 4 is 39.2 Å². The van der Waals surface area contributed by atoms with Gasteiger partial charge >= 0.3 is 0 Å². The third kappa shape index (κ3) is 3.48. The van der Waals surface area contributed by atoms with E-state index in [4.69, 9.17) is 4.74 Å². The Labute approximate surface area is 144 Å². The molecule has 23 heavy (non-hydrogen) atoms. The third-order valence-corrected chi connectivity index (χ3v) is 4.23. The molecule has 0 fully saturated rings. The second-order valence-electron chi connectivity index (χ2n) is 5.44. The lowest BCUT2D eigenvalue weighted by molar-refractivity contribution is -0.110. The van der Waals surface area contributed by atoms with Gasteiger partial charge in [0.2, 0.25) is 0 Å². The second kappa shape index (κ2) is 7.01. The highest BCUT2D eigenvalue weighted by atomic mass is 79.9. The molecule has 0 atom stereocenters. The number of halogens is 1. The predicted molar refractivity (Wildman–Crippen MR) is 97.5 cm³/mol. The molecule has 3 rings (SSSR count). The predicted octanol–water partition coefficient (Wildman–Crippen LogP) is 5.12. The fourth-order valence-electron chi connectivity index (χ4n) is 2.52. The Balaban J connectivity index is 1.96. The summed E-state index contributed by atoms with van der Waals surface area (Å²) in [6.45, 7) is 2.82. The molecule has 0 radical (unpaired) electrons. The number of benzene rings is 2. The lowest BCUT2D eigenvalue weighted by atomic mass is 10.0. The molecule has 0 bridgehead atoms. The summed E-state index contributed by atoms with van der Waals surface area (Å²) < 4.78 is 6.80. The Morgan fingerprint density at radius 1 is 1.22 bits per heavy atom. The van der Waals surface area contributed by atoms with Crippen LogP contribution in [0, 0.1) is 0 Å². The maximum absolute atomic E-state index is 12.3. The van der Waals surface area contributed by atoms with Gasteiger partial charge in [0.25, 0.3) is 5.91 Å². The number of anilines is 1. The summed E-state index contributed by atoms with van der Waals surface area (Å²) in [4.78, 5) is 12.3. The minimum absolute atomic E-state index is 0.0820. The van der Waals surface area contributed by atoms with E-state index in [1.807, 2.05) is 48.5 Å². The number of nitrogens with one attached hydrogen (secondary N) is 1. The van der Waals surface area contributed by atoms with E-state index in [0.717, 1.165) is 39.9 Å². The zero-order valence-corrected chi connectivity index (χ0v) is 14.5. The first-order valence-corrected chi connectivity index (χ1v) is 8.53. The van der Waals surface area contributed by atoms with Gasteiger partial charge in [-0.15, -0.1) is 0 Å². The SMILES string of the molecule is CCCCOc1ccccc1C=C1C(=O)Nc2ccc(Br)cc21. The Bertz CT molecular complexity index is 768. The van der Waals surface area contributed by atoms with Crippen molar-refractivity contribution in [3.8, 4) is 5.75 Å². The van der Waals surface area contributed by atoms with Gasteiger partial charge in [0, 0.05) is 26.9 Å². The first-order chi connectivity index (χ1) is 11.2. The summed E-state index contributed by atoms with van der Waals surface area (Å²) >= 11 is 3.46. The van der Waals surface area contributed by atoms with E-state index in [2.05, 4.69) is 28.2 Å². The van der Waals surface area contributed by atoms with E-state index in [1.165, 1.54) is 0 Å². The Hall–Kier alpha value is -2.07. The van der Waals surface area contributed by atoms with Gasteiger partial charge in [-0.2, -0.15) is 0 Å². The number of carbonyl (C=O) groups excluding carboxylic acids is 1. The van der Waals surface area contributed by atoms with Crippen molar-refractivity contribution in [2.75, 3.05) is 11.9 Å². The third-order valence-electron chi connectivity index (χ3n) is 3.74. The molecule has 2 aromatic carbocycles. The summed E-state index contributed by atoms with van der Waals surface area (Å²) in [5.74, 6) is 0.728. The molecule has 0 unspecified atom stereocenters. The molecule has 118 valence electrons. The van der Waals surface area contributed by atoms with E-state index in [9.17, 15) is 4.79 Å². The van der Waals surface area contributed by atoms with Gasteiger partial charge in [-0.25, -0.2) is 0 Å². The molecule has 1 amide bonds. The number of fused-ring (bicyclic) bond motifs is 1. The lowest BCUT2D eigenvalue weighted by Gasteiger charge is -2.09. The normalized spacial score (nSPS) is 14.7. The first kappa shape index (κ1) is 15.8. The van der Waals surface area contributed by atoms with Crippen LogP contribution in [0.5, 0.6) is 5.75 Å². The standard InChI is InChI=1S/C19H18BrNO2/c1-2-3-10-23-18-7-5-4-6-13(18)11-16-15-12-14(20)8-9-17(15)21-19(16)22/h4-9,11-12H,2-3,10H2,1H3,(H,21,22). The molecule has 1 N–H and O–H groups in total. The first-order valence-electron chi connectivity index (χ1n) is 7.74. The molecule has 0 saturated carbocycles. The Morgan fingerprint density at radius 2 is 2.04 bits per heavy atom. The van der Waals surface area contributed by atoms with Crippen LogP contribution < -0.4 is 10.1 Å². The highest BCUT2D eigenvalue weighted by molar-refractivity contribution is 9.10. The topological polar surface area (TPSA) is 38.3 Å². The van der Waals surface area contributed by atoms with Crippen molar-refractivity contribution in [3.05, 3.63) is 58.1 Å². The van der Waals surface area contributed by atoms with Crippen LogP contribution in [0.1, 0.15) is 30.9 Å². The van der Waals surface area contributed by atoms with Crippen LogP contribution in [0.25, 0.3) is 11.6 Å². The van der Waals surface area contributed by atoms with Crippen LogP contribution in [0.4, 0.5) is 5.69 Å². The number of hydrogen-bond donors (Lipinski definition) is 1. The summed E-state index contributed by atoms with van der Waals surface area (Å²) in [6.07, 6.45) is 4.00. The van der Waals surface area contributed by atoms with Gasteiger partial charge in [0.15, 0.2) is 0 Å². The van der Waals surface area contributed by atoms with Gasteiger partial charge in [-0.1, -0.05) is 47.5 Å². The van der Waals surface area contributed by atoms with Crippen molar-refractivity contribution in [2.24, 2.45) is 0 Å². The molecule has 1 aliphatic rings. The zero-order chi connectivity index (χ0) is 16.2. The number of ether oxygens (including phenoxy) is 1. The summed E-state index contributed by atoms with van der Waals surface area (Å²) in [5, 5.41) is 2.90. The molecule has 2 aromatic rings. The molecule has 1 aliphatic heterocycles. The highest BCUT2D eigenvalue weighted by Gasteiger charge is 2.24.